The molecule has 2 aromatic heterocycles. The average Bonchev–Trinajstić information content (AvgIpc) is 2.97. The summed E-state index contributed by atoms with van der Waals surface area (Å²) in [7, 11) is 0. The van der Waals surface area contributed by atoms with E-state index in [0.717, 1.165) is 37.8 Å². The summed E-state index contributed by atoms with van der Waals surface area (Å²) >= 11 is 0. The summed E-state index contributed by atoms with van der Waals surface area (Å²) in [6.45, 7) is 4.44. The lowest BCUT2D eigenvalue weighted by Gasteiger charge is -2.08. The summed E-state index contributed by atoms with van der Waals surface area (Å²) in [5.41, 5.74) is 0.905. The molecular weight excluding hydrogens is 218 g/mol. The number of H-pyrrole nitrogens is 1. The van der Waals surface area contributed by atoms with Crippen LogP contribution in [0.2, 0.25) is 0 Å². The SMILES string of the molecule is CCOCCCn1ccnc1Nc1cn[nH]c1. The Kier molecular flexibility index (Phi) is 4.15. The Labute approximate surface area is 100 Å². The molecule has 6 nitrogen and oxygen atoms in total. The summed E-state index contributed by atoms with van der Waals surface area (Å²) in [5, 5.41) is 9.82. The van der Waals surface area contributed by atoms with E-state index in [1.165, 1.54) is 0 Å². The minimum Gasteiger partial charge on any atom is -0.382 e. The van der Waals surface area contributed by atoms with Crippen molar-refractivity contribution in [1.82, 2.24) is 19.7 Å². The molecule has 0 amide bonds. The predicted molar refractivity (Wildman–Crippen MR) is 65.2 cm³/mol. The Balaban J connectivity index is 1.88. The minimum absolute atomic E-state index is 0.768. The molecule has 92 valence electrons. The Hall–Kier alpha value is -1.82. The Bertz CT molecular complexity index is 423. The first-order valence-electron chi connectivity index (χ1n) is 5.75. The predicted octanol–water partition coefficient (Wildman–Crippen LogP) is 1.78. The van der Waals surface area contributed by atoms with Crippen LogP contribution in [-0.4, -0.2) is 33.0 Å². The van der Waals surface area contributed by atoms with Crippen LogP contribution in [0.15, 0.2) is 24.8 Å². The fourth-order valence-electron chi connectivity index (χ4n) is 1.54. The van der Waals surface area contributed by atoms with Gasteiger partial charge in [0, 0.05) is 38.3 Å². The van der Waals surface area contributed by atoms with Crippen molar-refractivity contribution in [3.8, 4) is 0 Å². The van der Waals surface area contributed by atoms with E-state index in [1.54, 1.807) is 18.6 Å². The van der Waals surface area contributed by atoms with Gasteiger partial charge < -0.3 is 14.6 Å². The molecule has 2 N–H and O–H groups in total. The average molecular weight is 235 g/mol. The van der Waals surface area contributed by atoms with Crippen molar-refractivity contribution < 1.29 is 4.74 Å². The molecule has 0 bridgehead atoms. The molecule has 0 unspecified atom stereocenters. The van der Waals surface area contributed by atoms with E-state index < -0.39 is 0 Å². The van der Waals surface area contributed by atoms with Gasteiger partial charge >= 0.3 is 0 Å². The van der Waals surface area contributed by atoms with E-state index in [-0.39, 0.29) is 0 Å². The van der Waals surface area contributed by atoms with Crippen molar-refractivity contribution in [2.24, 2.45) is 0 Å². The van der Waals surface area contributed by atoms with Crippen LogP contribution in [0.5, 0.6) is 0 Å². The van der Waals surface area contributed by atoms with Gasteiger partial charge in [-0.05, 0) is 13.3 Å². The van der Waals surface area contributed by atoms with Crippen molar-refractivity contribution in [3.63, 3.8) is 0 Å². The van der Waals surface area contributed by atoms with E-state index in [2.05, 4.69) is 25.1 Å². The smallest absolute Gasteiger partial charge is 0.207 e. The molecule has 0 aromatic carbocycles. The van der Waals surface area contributed by atoms with Crippen LogP contribution in [0.25, 0.3) is 0 Å². The first-order chi connectivity index (χ1) is 8.40. The van der Waals surface area contributed by atoms with Gasteiger partial charge in [0.2, 0.25) is 5.95 Å². The van der Waals surface area contributed by atoms with Crippen molar-refractivity contribution in [2.75, 3.05) is 18.5 Å². The molecule has 0 saturated heterocycles. The van der Waals surface area contributed by atoms with Crippen LogP contribution in [0, 0.1) is 0 Å². The van der Waals surface area contributed by atoms with Crippen LogP contribution >= 0.6 is 0 Å². The Morgan fingerprint density at radius 1 is 1.53 bits per heavy atom. The third-order valence-corrected chi connectivity index (χ3v) is 2.36. The maximum absolute atomic E-state index is 5.31. The van der Waals surface area contributed by atoms with Gasteiger partial charge in [-0.1, -0.05) is 0 Å². The fraction of sp³-hybridized carbons (Fsp3) is 0.455. The molecule has 0 atom stereocenters. The largest absolute Gasteiger partial charge is 0.382 e. The van der Waals surface area contributed by atoms with Crippen molar-refractivity contribution in [2.45, 2.75) is 19.9 Å². The number of rotatable bonds is 7. The maximum Gasteiger partial charge on any atom is 0.207 e. The Morgan fingerprint density at radius 2 is 2.47 bits per heavy atom. The number of anilines is 2. The van der Waals surface area contributed by atoms with E-state index >= 15 is 0 Å². The van der Waals surface area contributed by atoms with Gasteiger partial charge in [-0.15, -0.1) is 0 Å². The first-order valence-corrected chi connectivity index (χ1v) is 5.75. The van der Waals surface area contributed by atoms with Crippen molar-refractivity contribution in [1.29, 1.82) is 0 Å². The monoisotopic (exact) mass is 235 g/mol. The van der Waals surface area contributed by atoms with Gasteiger partial charge in [-0.25, -0.2) is 4.98 Å². The lowest BCUT2D eigenvalue weighted by Crippen LogP contribution is -2.05. The molecule has 17 heavy (non-hydrogen) atoms. The molecule has 0 aliphatic rings. The fourth-order valence-corrected chi connectivity index (χ4v) is 1.54. The molecule has 2 heterocycles. The van der Waals surface area contributed by atoms with Crippen LogP contribution < -0.4 is 5.32 Å². The highest BCUT2D eigenvalue weighted by molar-refractivity contribution is 5.50. The van der Waals surface area contributed by atoms with E-state index in [0.29, 0.717) is 0 Å². The van der Waals surface area contributed by atoms with Gasteiger partial charge in [-0.2, -0.15) is 5.10 Å². The summed E-state index contributed by atoms with van der Waals surface area (Å²) in [6, 6.07) is 0. The molecule has 2 aromatic rings. The molecule has 6 heteroatoms. The second kappa shape index (κ2) is 6.05. The lowest BCUT2D eigenvalue weighted by molar-refractivity contribution is 0.142. The van der Waals surface area contributed by atoms with Gasteiger partial charge in [0.1, 0.15) is 0 Å². The van der Waals surface area contributed by atoms with E-state index in [4.69, 9.17) is 4.74 Å². The number of nitrogens with zero attached hydrogens (tertiary/aromatic N) is 3. The molecule has 0 spiro atoms. The number of hydrogen-bond acceptors (Lipinski definition) is 4. The summed E-state index contributed by atoms with van der Waals surface area (Å²) in [4.78, 5) is 4.26. The second-order valence-corrected chi connectivity index (χ2v) is 3.61. The number of hydrogen-bond donors (Lipinski definition) is 2. The topological polar surface area (TPSA) is 67.8 Å². The minimum atomic E-state index is 0.768. The highest BCUT2D eigenvalue weighted by Gasteiger charge is 2.03. The number of imidazole rings is 1. The zero-order valence-electron chi connectivity index (χ0n) is 9.89. The quantitative estimate of drug-likeness (QED) is 0.718. The number of aryl methyl sites for hydroxylation is 1. The van der Waals surface area contributed by atoms with Crippen LogP contribution in [0.4, 0.5) is 11.6 Å². The zero-order valence-corrected chi connectivity index (χ0v) is 9.89. The highest BCUT2D eigenvalue weighted by atomic mass is 16.5. The third-order valence-electron chi connectivity index (χ3n) is 2.36. The summed E-state index contributed by atoms with van der Waals surface area (Å²) < 4.78 is 7.37. The molecule has 0 aliphatic carbocycles. The van der Waals surface area contributed by atoms with Crippen molar-refractivity contribution in [3.05, 3.63) is 24.8 Å². The maximum atomic E-state index is 5.31. The van der Waals surface area contributed by atoms with E-state index in [1.807, 2.05) is 13.1 Å². The number of ether oxygens (including phenoxy) is 1. The number of nitrogens with one attached hydrogen (secondary N) is 2. The molecule has 0 aliphatic heterocycles. The van der Waals surface area contributed by atoms with Crippen molar-refractivity contribution >= 4 is 11.6 Å². The normalized spacial score (nSPS) is 10.6. The first kappa shape index (κ1) is 11.7. The molecule has 2 rings (SSSR count). The molecule has 0 fully saturated rings. The molecular formula is C11H17N5O. The lowest BCUT2D eigenvalue weighted by atomic mass is 10.4. The highest BCUT2D eigenvalue weighted by Crippen LogP contribution is 2.12. The van der Waals surface area contributed by atoms with Crippen LogP contribution in [0.3, 0.4) is 0 Å². The summed E-state index contributed by atoms with van der Waals surface area (Å²) in [5.74, 6) is 0.822. The molecule has 0 saturated carbocycles. The van der Waals surface area contributed by atoms with Gasteiger partial charge in [0.05, 0.1) is 11.9 Å². The molecule has 0 radical (unpaired) electrons. The van der Waals surface area contributed by atoms with Gasteiger partial charge in [-0.3, -0.25) is 5.10 Å². The van der Waals surface area contributed by atoms with E-state index in [9.17, 15) is 0 Å². The summed E-state index contributed by atoms with van der Waals surface area (Å²) in [6.07, 6.45) is 8.22. The van der Waals surface area contributed by atoms with Crippen LogP contribution in [0.1, 0.15) is 13.3 Å². The standard InChI is InChI=1S/C11H17N5O/c1-2-17-7-3-5-16-6-4-12-11(16)15-10-8-13-14-9-10/h4,6,8-9H,2-3,5,7H2,1H3,(H,12,15)(H,13,14). The third kappa shape index (κ3) is 3.32. The zero-order chi connectivity index (χ0) is 11.9. The van der Waals surface area contributed by atoms with Crippen LogP contribution in [-0.2, 0) is 11.3 Å². The number of aromatic amines is 1. The van der Waals surface area contributed by atoms with Gasteiger partial charge in [0.25, 0.3) is 0 Å². The Morgan fingerprint density at radius 3 is 3.24 bits per heavy atom. The van der Waals surface area contributed by atoms with Gasteiger partial charge in [0.15, 0.2) is 0 Å². The second-order valence-electron chi connectivity index (χ2n) is 3.61. The number of aromatic nitrogens is 4.